The van der Waals surface area contributed by atoms with Crippen LogP contribution in [0.4, 0.5) is 0 Å². The van der Waals surface area contributed by atoms with Crippen LogP contribution in [0.3, 0.4) is 0 Å². The molecule has 0 aliphatic rings. The Hall–Kier alpha value is -0.115. The number of thiol groups is 1. The lowest BCUT2D eigenvalue weighted by Gasteiger charge is -2.30. The molecule has 0 heterocycles. The van der Waals surface area contributed by atoms with Crippen LogP contribution in [0.2, 0.25) is 5.82 Å². The van der Waals surface area contributed by atoms with Gasteiger partial charge in [0.2, 0.25) is 0 Å². The molecule has 2 nitrogen and oxygen atoms in total. The van der Waals surface area contributed by atoms with E-state index in [1.54, 1.807) is 0 Å². The number of carbonyl (C=O) groups is 1. The van der Waals surface area contributed by atoms with Gasteiger partial charge < -0.3 is 5.11 Å². The Morgan fingerprint density at radius 2 is 2.08 bits per heavy atom. The fraction of sp³-hybridized carbons (Fsp3) is 0.875. The van der Waals surface area contributed by atoms with E-state index in [9.17, 15) is 4.79 Å². The molecular weight excluding hydrogens is 171 g/mol. The number of carboxylic acids is 1. The third kappa shape index (κ3) is 3.52. The van der Waals surface area contributed by atoms with Crippen LogP contribution in [0.15, 0.2) is 0 Å². The smallest absolute Gasteiger partial charge is 0.316 e. The van der Waals surface area contributed by atoms with Crippen molar-refractivity contribution in [2.75, 3.05) is 0 Å². The molecule has 0 aromatic heterocycles. The van der Waals surface area contributed by atoms with Crippen molar-refractivity contribution in [1.29, 1.82) is 0 Å². The van der Waals surface area contributed by atoms with Crippen molar-refractivity contribution in [1.82, 2.24) is 0 Å². The average Bonchev–Trinajstić information content (AvgIpc) is 1.82. The highest BCUT2D eigenvalue weighted by Crippen LogP contribution is 2.33. The Labute approximate surface area is 80.6 Å². The van der Waals surface area contributed by atoms with Gasteiger partial charge in [-0.2, -0.15) is 12.6 Å². The first kappa shape index (κ1) is 11.9. The van der Waals surface area contributed by atoms with Gasteiger partial charge in [-0.1, -0.05) is 33.0 Å². The standard InChI is InChI=1S/C8H15BO2S/c1-5(9)4-8(2,3)6(12)7(10)11/h5-6,12H,4H2,1-3H3,(H,10,11). The average molecular weight is 186 g/mol. The number of hydrogen-bond donors (Lipinski definition) is 2. The molecule has 68 valence electrons. The molecule has 0 aliphatic heterocycles. The molecule has 0 saturated carbocycles. The fourth-order valence-corrected chi connectivity index (χ4v) is 1.38. The maximum Gasteiger partial charge on any atom is 0.316 e. The monoisotopic (exact) mass is 186 g/mol. The lowest BCUT2D eigenvalue weighted by Crippen LogP contribution is -2.32. The highest BCUT2D eigenvalue weighted by molar-refractivity contribution is 7.81. The van der Waals surface area contributed by atoms with Gasteiger partial charge in [0.1, 0.15) is 5.25 Å². The van der Waals surface area contributed by atoms with Crippen LogP contribution in [0.5, 0.6) is 0 Å². The summed E-state index contributed by atoms with van der Waals surface area (Å²) in [6.45, 7) is 5.59. The zero-order valence-corrected chi connectivity index (χ0v) is 8.64. The van der Waals surface area contributed by atoms with E-state index in [1.807, 2.05) is 20.8 Å². The Kier molecular flexibility index (Phi) is 4.17. The van der Waals surface area contributed by atoms with Crippen LogP contribution in [0, 0.1) is 5.41 Å². The molecule has 0 aromatic rings. The molecule has 0 bridgehead atoms. The number of carboxylic acid groups (broad SMARTS) is 1. The van der Waals surface area contributed by atoms with Crippen molar-refractivity contribution in [2.45, 2.75) is 38.3 Å². The summed E-state index contributed by atoms with van der Waals surface area (Å²) in [5.74, 6) is -0.877. The molecule has 0 spiro atoms. The fourth-order valence-electron chi connectivity index (χ4n) is 1.28. The largest absolute Gasteiger partial charge is 0.480 e. The molecule has 2 atom stereocenters. The molecule has 12 heavy (non-hydrogen) atoms. The van der Waals surface area contributed by atoms with Crippen molar-refractivity contribution in [3.05, 3.63) is 0 Å². The first-order valence-electron chi connectivity index (χ1n) is 3.94. The Morgan fingerprint density at radius 3 is 2.33 bits per heavy atom. The summed E-state index contributed by atoms with van der Waals surface area (Å²) < 4.78 is 0. The van der Waals surface area contributed by atoms with Gasteiger partial charge in [-0.25, -0.2) is 0 Å². The minimum Gasteiger partial charge on any atom is -0.480 e. The molecule has 0 aromatic carbocycles. The third-order valence-electron chi connectivity index (χ3n) is 1.82. The second-order valence-electron chi connectivity index (χ2n) is 3.91. The first-order valence-corrected chi connectivity index (χ1v) is 4.45. The van der Waals surface area contributed by atoms with Gasteiger partial charge in [0, 0.05) is 0 Å². The molecule has 0 rings (SSSR count). The zero-order valence-electron chi connectivity index (χ0n) is 7.74. The van der Waals surface area contributed by atoms with E-state index in [0.29, 0.717) is 6.42 Å². The molecule has 2 unspecified atom stereocenters. The number of aliphatic carboxylic acids is 1. The SMILES string of the molecule is [B]C(C)CC(C)(C)C(S)C(=O)O. The molecule has 0 fully saturated rings. The molecule has 0 amide bonds. The highest BCUT2D eigenvalue weighted by atomic mass is 32.1. The first-order chi connectivity index (χ1) is 5.27. The topological polar surface area (TPSA) is 37.3 Å². The van der Waals surface area contributed by atoms with E-state index >= 15 is 0 Å². The highest BCUT2D eigenvalue weighted by Gasteiger charge is 2.32. The number of rotatable bonds is 4. The Balaban J connectivity index is 4.28. The minimum atomic E-state index is -0.885. The van der Waals surface area contributed by atoms with Crippen LogP contribution >= 0.6 is 12.6 Å². The maximum atomic E-state index is 10.6. The van der Waals surface area contributed by atoms with E-state index < -0.39 is 11.2 Å². The van der Waals surface area contributed by atoms with Gasteiger partial charge >= 0.3 is 5.97 Å². The summed E-state index contributed by atoms with van der Waals surface area (Å²) in [5.41, 5.74) is -0.358. The van der Waals surface area contributed by atoms with Crippen molar-refractivity contribution < 1.29 is 9.90 Å². The van der Waals surface area contributed by atoms with Gasteiger partial charge in [-0.15, -0.1) is 0 Å². The quantitative estimate of drug-likeness (QED) is 0.518. The van der Waals surface area contributed by atoms with Crippen LogP contribution in [-0.4, -0.2) is 24.2 Å². The predicted molar refractivity (Wildman–Crippen MR) is 54.0 cm³/mol. The van der Waals surface area contributed by atoms with Crippen LogP contribution in [0.25, 0.3) is 0 Å². The van der Waals surface area contributed by atoms with Crippen molar-refractivity contribution in [3.63, 3.8) is 0 Å². The van der Waals surface area contributed by atoms with Gasteiger partial charge in [0.25, 0.3) is 0 Å². The zero-order chi connectivity index (χ0) is 9.94. The van der Waals surface area contributed by atoms with Gasteiger partial charge in [-0.05, 0) is 5.41 Å². The van der Waals surface area contributed by atoms with E-state index in [-0.39, 0.29) is 11.2 Å². The molecule has 4 heteroatoms. The van der Waals surface area contributed by atoms with E-state index in [1.165, 1.54) is 0 Å². The predicted octanol–water partition coefficient (Wildman–Crippen LogP) is 1.76. The van der Waals surface area contributed by atoms with E-state index in [2.05, 4.69) is 12.6 Å². The second kappa shape index (κ2) is 4.22. The van der Waals surface area contributed by atoms with E-state index in [4.69, 9.17) is 13.0 Å². The van der Waals surface area contributed by atoms with Crippen molar-refractivity contribution >= 4 is 26.4 Å². The van der Waals surface area contributed by atoms with Gasteiger partial charge in [-0.3, -0.25) is 4.79 Å². The van der Waals surface area contributed by atoms with Gasteiger partial charge in [0.15, 0.2) is 0 Å². The van der Waals surface area contributed by atoms with E-state index in [0.717, 1.165) is 0 Å². The summed E-state index contributed by atoms with van der Waals surface area (Å²) in [4.78, 5) is 10.6. The lowest BCUT2D eigenvalue weighted by molar-refractivity contribution is -0.138. The van der Waals surface area contributed by atoms with Crippen LogP contribution < -0.4 is 0 Å². The van der Waals surface area contributed by atoms with Crippen molar-refractivity contribution in [2.24, 2.45) is 5.41 Å². The summed E-state index contributed by atoms with van der Waals surface area (Å²) >= 11 is 4.03. The summed E-state index contributed by atoms with van der Waals surface area (Å²) in [7, 11) is 5.59. The van der Waals surface area contributed by atoms with Crippen molar-refractivity contribution in [3.8, 4) is 0 Å². The maximum absolute atomic E-state index is 10.6. The number of hydrogen-bond acceptors (Lipinski definition) is 2. The summed E-state index contributed by atoms with van der Waals surface area (Å²) in [5, 5.41) is 8.06. The Morgan fingerprint density at radius 1 is 1.67 bits per heavy atom. The normalized spacial score (nSPS) is 17.0. The second-order valence-corrected chi connectivity index (χ2v) is 4.43. The van der Waals surface area contributed by atoms with Crippen LogP contribution in [0.1, 0.15) is 27.2 Å². The van der Waals surface area contributed by atoms with Crippen LogP contribution in [-0.2, 0) is 4.79 Å². The molecule has 2 radical (unpaired) electrons. The minimum absolute atomic E-state index is 0.00833. The molecule has 0 saturated heterocycles. The Bertz CT molecular complexity index is 168. The lowest BCUT2D eigenvalue weighted by atomic mass is 9.73. The van der Waals surface area contributed by atoms with Gasteiger partial charge in [0.05, 0.1) is 7.85 Å². The molecule has 0 aliphatic carbocycles. The third-order valence-corrected chi connectivity index (χ3v) is 2.74. The summed E-state index contributed by atoms with van der Waals surface area (Å²) in [6, 6.07) is 0. The molecule has 1 N–H and O–H groups in total. The summed E-state index contributed by atoms with van der Waals surface area (Å²) in [6.07, 6.45) is 0.660. The molecular formula is C8H15BO2S.